The normalized spacial score (nSPS) is 9.77. The molecular weight excluding hydrogens is 326 g/mol. The molecule has 1 aromatic carbocycles. The van der Waals surface area contributed by atoms with Crippen LogP contribution in [0, 0.1) is 0 Å². The molecule has 2 rings (SSSR count). The van der Waals surface area contributed by atoms with E-state index in [1.807, 2.05) is 6.92 Å². The van der Waals surface area contributed by atoms with Gasteiger partial charge in [-0.15, -0.1) is 23.7 Å². The van der Waals surface area contributed by atoms with Crippen LogP contribution in [0.1, 0.15) is 22.4 Å². The van der Waals surface area contributed by atoms with E-state index in [1.165, 1.54) is 11.3 Å². The predicted molar refractivity (Wildman–Crippen MR) is 89.4 cm³/mol. The molecule has 0 bridgehead atoms. The first-order valence-electron chi connectivity index (χ1n) is 6.44. The number of thiazole rings is 1. The third kappa shape index (κ3) is 4.33. The number of anilines is 1. The van der Waals surface area contributed by atoms with Crippen molar-refractivity contribution in [2.75, 3.05) is 19.0 Å². The second-order valence-electron chi connectivity index (χ2n) is 4.08. The molecule has 0 spiro atoms. The van der Waals surface area contributed by atoms with Gasteiger partial charge in [0.1, 0.15) is 22.2 Å². The van der Waals surface area contributed by atoms with Gasteiger partial charge in [0, 0.05) is 18.0 Å². The molecule has 0 saturated heterocycles. The Labute approximate surface area is 139 Å². The summed E-state index contributed by atoms with van der Waals surface area (Å²) in [7, 11) is 1.56. The Balaban J connectivity index is 0.00000242. The van der Waals surface area contributed by atoms with Gasteiger partial charge in [0.05, 0.1) is 19.4 Å². The highest BCUT2D eigenvalue weighted by Gasteiger charge is 2.14. The number of nitrogens with zero attached hydrogens (tertiary/aromatic N) is 1. The second kappa shape index (κ2) is 8.57. The summed E-state index contributed by atoms with van der Waals surface area (Å²) in [6.07, 6.45) is 0. The Kier molecular flexibility index (Phi) is 7.10. The van der Waals surface area contributed by atoms with Gasteiger partial charge >= 0.3 is 0 Å². The van der Waals surface area contributed by atoms with E-state index >= 15 is 0 Å². The molecule has 0 unspecified atom stereocenters. The van der Waals surface area contributed by atoms with Crippen LogP contribution in [-0.2, 0) is 6.54 Å². The summed E-state index contributed by atoms with van der Waals surface area (Å²) in [5.74, 6) is 0.913. The van der Waals surface area contributed by atoms with Crippen molar-refractivity contribution in [1.82, 2.24) is 4.98 Å². The molecule has 22 heavy (non-hydrogen) atoms. The SMILES string of the molecule is CCOc1ccc(OC)cc1NC(=O)c1csc(CN)n1.Cl. The fourth-order valence-corrected chi connectivity index (χ4v) is 2.37. The topological polar surface area (TPSA) is 86.5 Å². The summed E-state index contributed by atoms with van der Waals surface area (Å²) in [6.45, 7) is 2.70. The first-order valence-corrected chi connectivity index (χ1v) is 7.32. The van der Waals surface area contributed by atoms with Crippen molar-refractivity contribution in [2.24, 2.45) is 5.73 Å². The number of hydrogen-bond acceptors (Lipinski definition) is 6. The molecule has 6 nitrogen and oxygen atoms in total. The zero-order valence-electron chi connectivity index (χ0n) is 12.3. The number of carbonyl (C=O) groups is 1. The number of nitrogens with two attached hydrogens (primary N) is 1. The van der Waals surface area contributed by atoms with Crippen LogP contribution < -0.4 is 20.5 Å². The minimum absolute atomic E-state index is 0. The van der Waals surface area contributed by atoms with Gasteiger partial charge in [-0.3, -0.25) is 4.79 Å². The van der Waals surface area contributed by atoms with Gasteiger partial charge in [0.15, 0.2) is 0 Å². The molecule has 0 fully saturated rings. The number of amides is 1. The Morgan fingerprint density at radius 1 is 1.45 bits per heavy atom. The van der Waals surface area contributed by atoms with Crippen LogP contribution in [-0.4, -0.2) is 24.6 Å². The number of aromatic nitrogens is 1. The molecule has 120 valence electrons. The molecule has 0 atom stereocenters. The molecule has 0 aliphatic carbocycles. The highest BCUT2D eigenvalue weighted by atomic mass is 35.5. The summed E-state index contributed by atoms with van der Waals surface area (Å²) in [4.78, 5) is 16.3. The van der Waals surface area contributed by atoms with Gasteiger partial charge in [0.2, 0.25) is 0 Å². The quantitative estimate of drug-likeness (QED) is 0.842. The van der Waals surface area contributed by atoms with Crippen molar-refractivity contribution >= 4 is 35.3 Å². The van der Waals surface area contributed by atoms with Crippen molar-refractivity contribution < 1.29 is 14.3 Å². The molecule has 0 saturated carbocycles. The molecule has 0 aliphatic heterocycles. The van der Waals surface area contributed by atoms with Crippen LogP contribution in [0.15, 0.2) is 23.6 Å². The molecule has 0 radical (unpaired) electrons. The van der Waals surface area contributed by atoms with Crippen LogP contribution in [0.5, 0.6) is 11.5 Å². The lowest BCUT2D eigenvalue weighted by Crippen LogP contribution is -2.14. The van der Waals surface area contributed by atoms with Crippen LogP contribution in [0.25, 0.3) is 0 Å². The first-order chi connectivity index (χ1) is 10.2. The number of benzene rings is 1. The fourth-order valence-electron chi connectivity index (χ4n) is 1.71. The Bertz CT molecular complexity index is 634. The van der Waals surface area contributed by atoms with E-state index in [4.69, 9.17) is 15.2 Å². The van der Waals surface area contributed by atoms with E-state index < -0.39 is 0 Å². The summed E-state index contributed by atoms with van der Waals surface area (Å²) in [5, 5.41) is 5.18. The second-order valence-corrected chi connectivity index (χ2v) is 5.02. The largest absolute Gasteiger partial charge is 0.497 e. The molecule has 3 N–H and O–H groups in total. The number of hydrogen-bond donors (Lipinski definition) is 2. The monoisotopic (exact) mass is 343 g/mol. The van der Waals surface area contributed by atoms with Crippen molar-refractivity contribution in [3.63, 3.8) is 0 Å². The minimum atomic E-state index is -0.305. The smallest absolute Gasteiger partial charge is 0.275 e. The Hall–Kier alpha value is -1.83. The molecule has 8 heteroatoms. The van der Waals surface area contributed by atoms with E-state index in [9.17, 15) is 4.79 Å². The predicted octanol–water partition coefficient (Wildman–Crippen LogP) is 2.68. The van der Waals surface area contributed by atoms with Crippen LogP contribution in [0.2, 0.25) is 0 Å². The molecular formula is C14H18ClN3O3S. The number of nitrogens with one attached hydrogen (secondary N) is 1. The van der Waals surface area contributed by atoms with Gasteiger partial charge in [0.25, 0.3) is 5.91 Å². The van der Waals surface area contributed by atoms with E-state index in [-0.39, 0.29) is 18.3 Å². The molecule has 0 aliphatic rings. The van der Waals surface area contributed by atoms with Crippen LogP contribution in [0.4, 0.5) is 5.69 Å². The van der Waals surface area contributed by atoms with E-state index in [2.05, 4.69) is 10.3 Å². The maximum absolute atomic E-state index is 12.2. The highest BCUT2D eigenvalue weighted by Crippen LogP contribution is 2.29. The van der Waals surface area contributed by atoms with E-state index in [0.717, 1.165) is 5.01 Å². The van der Waals surface area contributed by atoms with E-state index in [1.54, 1.807) is 30.7 Å². The summed E-state index contributed by atoms with van der Waals surface area (Å²) in [6, 6.07) is 5.24. The van der Waals surface area contributed by atoms with Crippen molar-refractivity contribution in [2.45, 2.75) is 13.5 Å². The zero-order chi connectivity index (χ0) is 15.2. The number of ether oxygens (including phenoxy) is 2. The average molecular weight is 344 g/mol. The standard InChI is InChI=1S/C14H17N3O3S.ClH/c1-3-20-12-5-4-9(19-2)6-10(12)17-14(18)11-8-21-13(7-15)16-11;/h4-6,8H,3,7,15H2,1-2H3,(H,17,18);1H. The van der Waals surface area contributed by atoms with Crippen molar-refractivity contribution in [3.8, 4) is 11.5 Å². The fraction of sp³-hybridized carbons (Fsp3) is 0.286. The van der Waals surface area contributed by atoms with Gasteiger partial charge in [-0.25, -0.2) is 4.98 Å². The van der Waals surface area contributed by atoms with E-state index in [0.29, 0.717) is 36.0 Å². The lowest BCUT2D eigenvalue weighted by Gasteiger charge is -2.12. The molecule has 2 aromatic rings. The lowest BCUT2D eigenvalue weighted by molar-refractivity contribution is 0.102. The zero-order valence-corrected chi connectivity index (χ0v) is 13.9. The maximum atomic E-state index is 12.2. The van der Waals surface area contributed by atoms with Gasteiger partial charge in [-0.1, -0.05) is 0 Å². The van der Waals surface area contributed by atoms with Crippen LogP contribution in [0.3, 0.4) is 0 Å². The average Bonchev–Trinajstić information content (AvgIpc) is 2.98. The summed E-state index contributed by atoms with van der Waals surface area (Å²) in [5.41, 5.74) is 6.38. The Morgan fingerprint density at radius 3 is 2.82 bits per heavy atom. The molecule has 1 aromatic heterocycles. The lowest BCUT2D eigenvalue weighted by atomic mass is 10.2. The number of methoxy groups -OCH3 is 1. The Morgan fingerprint density at radius 2 is 2.23 bits per heavy atom. The van der Waals surface area contributed by atoms with Crippen molar-refractivity contribution in [3.05, 3.63) is 34.3 Å². The number of rotatable bonds is 6. The summed E-state index contributed by atoms with van der Waals surface area (Å²) < 4.78 is 10.7. The van der Waals surface area contributed by atoms with Gasteiger partial charge < -0.3 is 20.5 Å². The van der Waals surface area contributed by atoms with Crippen LogP contribution >= 0.6 is 23.7 Å². The van der Waals surface area contributed by atoms with Gasteiger partial charge in [-0.05, 0) is 19.1 Å². The highest BCUT2D eigenvalue weighted by molar-refractivity contribution is 7.09. The number of halogens is 1. The van der Waals surface area contributed by atoms with Crippen molar-refractivity contribution in [1.29, 1.82) is 0 Å². The first kappa shape index (κ1) is 18.2. The molecule has 1 amide bonds. The van der Waals surface area contributed by atoms with Gasteiger partial charge in [-0.2, -0.15) is 0 Å². The molecule has 1 heterocycles. The minimum Gasteiger partial charge on any atom is -0.497 e. The third-order valence-electron chi connectivity index (χ3n) is 2.69. The third-order valence-corrected chi connectivity index (χ3v) is 3.56. The maximum Gasteiger partial charge on any atom is 0.275 e. The number of carbonyl (C=O) groups excluding carboxylic acids is 1. The summed E-state index contributed by atoms with van der Waals surface area (Å²) >= 11 is 1.36.